The van der Waals surface area contributed by atoms with E-state index >= 15 is 0 Å². The minimum atomic E-state index is -0.836. The number of carboxylic acid groups (broad SMARTS) is 1. The van der Waals surface area contributed by atoms with Crippen LogP contribution in [0, 0.1) is 0 Å². The van der Waals surface area contributed by atoms with E-state index in [4.69, 9.17) is 10.8 Å². The maximum Gasteiger partial charge on any atom is 2.00 e. The monoisotopic (exact) mass is 131 g/mol. The molecule has 3 nitrogen and oxygen atoms in total. The van der Waals surface area contributed by atoms with Crippen molar-refractivity contribution in [2.24, 2.45) is 5.73 Å². The van der Waals surface area contributed by atoms with Crippen LogP contribution in [0.15, 0.2) is 0 Å². The molecule has 0 aromatic heterocycles. The molecule has 0 atom stereocenters. The number of carboxylic acids is 1. The van der Waals surface area contributed by atoms with Gasteiger partial charge < -0.3 is 13.7 Å². The van der Waals surface area contributed by atoms with Crippen LogP contribution in [-0.2, 0) is 4.79 Å². The predicted molar refractivity (Wildman–Crippen MR) is 29.3 cm³/mol. The van der Waals surface area contributed by atoms with Gasteiger partial charge in [-0.05, 0) is 0 Å². The molecule has 0 heterocycles. The van der Waals surface area contributed by atoms with Crippen LogP contribution in [0.4, 0.5) is 0 Å². The Balaban J connectivity index is -0.0000000417. The Kier molecular flexibility index (Phi) is 10.2. The van der Waals surface area contributed by atoms with Crippen LogP contribution in [0.3, 0.4) is 0 Å². The normalized spacial score (nSPS) is 7.00. The largest absolute Gasteiger partial charge is 2.00 e. The minimum absolute atomic E-state index is 0. The second-order valence-electron chi connectivity index (χ2n) is 0.932. The molecule has 4 heteroatoms. The molecule has 0 saturated carbocycles. The van der Waals surface area contributed by atoms with Crippen molar-refractivity contribution in [2.45, 2.75) is 6.42 Å². The number of carbonyl (C=O) groups is 1. The summed E-state index contributed by atoms with van der Waals surface area (Å²) in [6, 6.07) is 0. The average molecular weight is 131 g/mol. The van der Waals surface area contributed by atoms with Crippen molar-refractivity contribution in [2.75, 3.05) is 6.54 Å². The summed E-state index contributed by atoms with van der Waals surface area (Å²) in [4.78, 5) is 9.52. The molecule has 7 heavy (non-hydrogen) atoms. The van der Waals surface area contributed by atoms with Gasteiger partial charge in [0.05, 0.1) is 6.42 Å². The molecule has 0 radical (unpaired) electrons. The van der Waals surface area contributed by atoms with Crippen LogP contribution >= 0.6 is 0 Å². The number of rotatable bonds is 2. The predicted octanol–water partition coefficient (Wildman–Crippen LogP) is -0.736. The first-order valence-corrected chi connectivity index (χ1v) is 1.69. The van der Waals surface area contributed by atoms with Crippen LogP contribution in [0.1, 0.15) is 9.27 Å². The Morgan fingerprint density at radius 2 is 2.29 bits per heavy atom. The van der Waals surface area contributed by atoms with E-state index in [2.05, 4.69) is 0 Å². The van der Waals surface area contributed by atoms with E-state index < -0.39 is 5.97 Å². The number of aliphatic carboxylic acids is 1. The molecule has 0 aliphatic carbocycles. The second-order valence-corrected chi connectivity index (χ2v) is 0.932. The number of nitrogens with two attached hydrogens (primary N) is 1. The van der Waals surface area contributed by atoms with Gasteiger partial charge in [-0.1, -0.05) is 0 Å². The molecular formula is C3H9CaNO2. The quantitative estimate of drug-likeness (QED) is 0.485. The van der Waals surface area contributed by atoms with Gasteiger partial charge in [-0.15, -0.1) is 0 Å². The number of hydrogen-bond donors (Lipinski definition) is 2. The van der Waals surface area contributed by atoms with Gasteiger partial charge in [0, 0.05) is 6.54 Å². The minimum Gasteiger partial charge on any atom is -1.00 e. The van der Waals surface area contributed by atoms with E-state index in [0.717, 1.165) is 0 Å². The molecule has 40 valence electrons. The summed E-state index contributed by atoms with van der Waals surface area (Å²) in [6.07, 6.45) is 0.0694. The van der Waals surface area contributed by atoms with Gasteiger partial charge in [0.25, 0.3) is 0 Å². The van der Waals surface area contributed by atoms with Gasteiger partial charge in [-0.3, -0.25) is 4.79 Å². The summed E-state index contributed by atoms with van der Waals surface area (Å²) < 4.78 is 0. The van der Waals surface area contributed by atoms with Crippen molar-refractivity contribution in [1.29, 1.82) is 0 Å². The van der Waals surface area contributed by atoms with Crippen molar-refractivity contribution in [3.63, 3.8) is 0 Å². The molecule has 0 bridgehead atoms. The first-order chi connectivity index (χ1) is 2.77. The molecule has 0 saturated heterocycles. The zero-order valence-electron chi connectivity index (χ0n) is 6.05. The molecule has 0 amide bonds. The Morgan fingerprint density at radius 1 is 1.86 bits per heavy atom. The Labute approximate surface area is 74.9 Å². The van der Waals surface area contributed by atoms with Crippen LogP contribution < -0.4 is 5.73 Å². The second kappa shape index (κ2) is 6.69. The van der Waals surface area contributed by atoms with Gasteiger partial charge in [-0.2, -0.15) is 0 Å². The van der Waals surface area contributed by atoms with Crippen molar-refractivity contribution in [3.05, 3.63) is 0 Å². The van der Waals surface area contributed by atoms with Crippen LogP contribution in [0.25, 0.3) is 0 Å². The summed E-state index contributed by atoms with van der Waals surface area (Å²) in [5, 5.41) is 7.83. The van der Waals surface area contributed by atoms with Gasteiger partial charge in [0.2, 0.25) is 0 Å². The molecule has 0 spiro atoms. The third kappa shape index (κ3) is 10.8. The summed E-state index contributed by atoms with van der Waals surface area (Å²) in [7, 11) is 0. The third-order valence-electron chi connectivity index (χ3n) is 0.358. The first kappa shape index (κ1) is 10.6. The molecule has 0 aromatic rings. The zero-order valence-corrected chi connectivity index (χ0v) is 6.26. The average Bonchev–Trinajstić information content (AvgIpc) is 1.35. The molecule has 0 aliphatic heterocycles. The third-order valence-corrected chi connectivity index (χ3v) is 0.358. The molecular weight excluding hydrogens is 122 g/mol. The summed E-state index contributed by atoms with van der Waals surface area (Å²) in [5.74, 6) is -0.836. The number of hydrogen-bond acceptors (Lipinski definition) is 2. The van der Waals surface area contributed by atoms with Crippen LogP contribution in [0.2, 0.25) is 0 Å². The first-order valence-electron chi connectivity index (χ1n) is 1.69. The smallest absolute Gasteiger partial charge is 1.00 e. The van der Waals surface area contributed by atoms with E-state index in [1.54, 1.807) is 0 Å². The van der Waals surface area contributed by atoms with Gasteiger partial charge >= 0.3 is 43.7 Å². The van der Waals surface area contributed by atoms with Crippen molar-refractivity contribution in [3.8, 4) is 0 Å². The fourth-order valence-corrected chi connectivity index (χ4v) is 0.123. The van der Waals surface area contributed by atoms with Gasteiger partial charge in [0.15, 0.2) is 0 Å². The van der Waals surface area contributed by atoms with E-state index in [-0.39, 0.29) is 53.6 Å². The fraction of sp³-hybridized carbons (Fsp3) is 0.667. The standard InChI is InChI=1S/C3H7NO2.Ca.2H/c4-2-1-3(5)6;;;/h1-2,4H2,(H,5,6);;;/q;+2;2*-1. The Morgan fingerprint density at radius 3 is 2.29 bits per heavy atom. The van der Waals surface area contributed by atoms with Crippen molar-refractivity contribution < 1.29 is 12.8 Å². The molecule has 0 fully saturated rings. The van der Waals surface area contributed by atoms with E-state index in [0.29, 0.717) is 0 Å². The Bertz CT molecular complexity index is 63.8. The topological polar surface area (TPSA) is 63.3 Å². The fourth-order valence-electron chi connectivity index (χ4n) is 0.123. The maximum atomic E-state index is 9.52. The summed E-state index contributed by atoms with van der Waals surface area (Å²) in [5.41, 5.74) is 4.85. The van der Waals surface area contributed by atoms with E-state index in [9.17, 15) is 4.79 Å². The van der Waals surface area contributed by atoms with Crippen LogP contribution in [-0.4, -0.2) is 55.4 Å². The van der Waals surface area contributed by atoms with Gasteiger partial charge in [-0.25, -0.2) is 0 Å². The van der Waals surface area contributed by atoms with E-state index in [1.807, 2.05) is 0 Å². The molecule has 0 aliphatic rings. The maximum absolute atomic E-state index is 9.52. The summed E-state index contributed by atoms with van der Waals surface area (Å²) >= 11 is 0. The van der Waals surface area contributed by atoms with Crippen LogP contribution in [0.5, 0.6) is 0 Å². The molecule has 0 rings (SSSR count). The van der Waals surface area contributed by atoms with Crippen molar-refractivity contribution in [1.82, 2.24) is 0 Å². The Hall–Kier alpha value is 0.690. The SMILES string of the molecule is NCCC(=O)O.[Ca+2].[H-].[H-]. The zero-order chi connectivity index (χ0) is 4.99. The van der Waals surface area contributed by atoms with Gasteiger partial charge in [0.1, 0.15) is 0 Å². The molecule has 0 unspecified atom stereocenters. The molecule has 0 aromatic carbocycles. The molecule has 3 N–H and O–H groups in total. The summed E-state index contributed by atoms with van der Waals surface area (Å²) in [6.45, 7) is 0.231. The van der Waals surface area contributed by atoms with E-state index in [1.165, 1.54) is 0 Å². The van der Waals surface area contributed by atoms with Crippen molar-refractivity contribution >= 4 is 43.7 Å².